The van der Waals surface area contributed by atoms with Gasteiger partial charge in [-0.3, -0.25) is 4.98 Å². The quantitative estimate of drug-likeness (QED) is 0.730. The topological polar surface area (TPSA) is 60.5 Å². The monoisotopic (exact) mass is 255 g/mol. The van der Waals surface area contributed by atoms with Gasteiger partial charge >= 0.3 is 0 Å². The van der Waals surface area contributed by atoms with Crippen molar-refractivity contribution >= 4 is 0 Å². The molecule has 1 heterocycles. The zero-order valence-corrected chi connectivity index (χ0v) is 11.8. The molecule has 0 aliphatic carbocycles. The molecular weight excluding hydrogens is 234 g/mol. The van der Waals surface area contributed by atoms with Crippen molar-refractivity contribution in [3.63, 3.8) is 0 Å². The van der Waals surface area contributed by atoms with Gasteiger partial charge in [-0.25, -0.2) is 0 Å². The Labute approximate surface area is 115 Å². The van der Waals surface area contributed by atoms with Crippen molar-refractivity contribution in [2.75, 3.05) is 0 Å². The summed E-state index contributed by atoms with van der Waals surface area (Å²) in [7, 11) is 0. The predicted molar refractivity (Wildman–Crippen MR) is 75.5 cm³/mol. The Balaban J connectivity index is 3.00. The van der Waals surface area contributed by atoms with E-state index in [1.807, 2.05) is 6.07 Å². The van der Waals surface area contributed by atoms with Gasteiger partial charge in [0.1, 0.15) is 12.1 Å². The van der Waals surface area contributed by atoms with E-state index in [0.29, 0.717) is 17.0 Å². The Morgan fingerprint density at radius 3 is 2.21 bits per heavy atom. The van der Waals surface area contributed by atoms with E-state index >= 15 is 0 Å². The summed E-state index contributed by atoms with van der Waals surface area (Å²) in [5.74, 6) is 0.349. The maximum atomic E-state index is 9.24. The minimum Gasteiger partial charge on any atom is -0.258 e. The van der Waals surface area contributed by atoms with E-state index in [1.54, 1.807) is 12.3 Å². The Bertz CT molecular complexity index is 472. The van der Waals surface area contributed by atoms with Gasteiger partial charge in [0.15, 0.2) is 0 Å². The number of pyridine rings is 1. The van der Waals surface area contributed by atoms with Crippen molar-refractivity contribution < 1.29 is 0 Å². The number of hydrogen-bond donors (Lipinski definition) is 0. The summed E-state index contributed by atoms with van der Waals surface area (Å²) < 4.78 is 0. The molecule has 0 atom stereocenters. The highest BCUT2D eigenvalue weighted by Crippen LogP contribution is 2.28. The molecule has 0 fully saturated rings. The van der Waals surface area contributed by atoms with Gasteiger partial charge in [0.05, 0.1) is 16.8 Å². The molecule has 19 heavy (non-hydrogen) atoms. The molecule has 0 amide bonds. The second-order valence-corrected chi connectivity index (χ2v) is 4.86. The first kappa shape index (κ1) is 15.2. The van der Waals surface area contributed by atoms with Crippen molar-refractivity contribution in [2.45, 2.75) is 58.3 Å². The van der Waals surface area contributed by atoms with Crippen LogP contribution in [0.1, 0.15) is 75.1 Å². The summed E-state index contributed by atoms with van der Waals surface area (Å²) in [5.41, 5.74) is 1.91. The number of hydrogen-bond acceptors (Lipinski definition) is 3. The van der Waals surface area contributed by atoms with Gasteiger partial charge < -0.3 is 0 Å². The molecule has 3 nitrogen and oxygen atoms in total. The first-order valence-corrected chi connectivity index (χ1v) is 7.06. The van der Waals surface area contributed by atoms with E-state index in [1.165, 1.54) is 0 Å². The molecule has 3 heteroatoms. The number of nitrogens with zero attached hydrogens (tertiary/aromatic N) is 3. The van der Waals surface area contributed by atoms with E-state index in [2.05, 4.69) is 24.9 Å². The first-order chi connectivity index (χ1) is 9.26. The van der Waals surface area contributed by atoms with Crippen LogP contribution in [-0.2, 0) is 0 Å². The van der Waals surface area contributed by atoms with Crippen molar-refractivity contribution in [1.29, 1.82) is 10.5 Å². The van der Waals surface area contributed by atoms with Crippen LogP contribution < -0.4 is 0 Å². The van der Waals surface area contributed by atoms with Crippen molar-refractivity contribution in [3.8, 4) is 12.1 Å². The Kier molecular flexibility index (Phi) is 6.61. The normalized spacial score (nSPS) is 10.2. The van der Waals surface area contributed by atoms with Crippen LogP contribution in [0.2, 0.25) is 0 Å². The van der Waals surface area contributed by atoms with Gasteiger partial charge in [0.25, 0.3) is 0 Å². The van der Waals surface area contributed by atoms with Gasteiger partial charge in [-0.15, -0.1) is 0 Å². The molecule has 0 aliphatic heterocycles. The molecule has 0 N–H and O–H groups in total. The average molecular weight is 255 g/mol. The molecule has 0 bridgehead atoms. The summed E-state index contributed by atoms with van der Waals surface area (Å²) in [4.78, 5) is 4.38. The highest BCUT2D eigenvalue weighted by molar-refractivity contribution is 5.41. The summed E-state index contributed by atoms with van der Waals surface area (Å²) in [6, 6.07) is 5.89. The van der Waals surface area contributed by atoms with Crippen LogP contribution in [0.5, 0.6) is 0 Å². The number of rotatable bonds is 7. The molecule has 1 aromatic rings. The SMILES string of the molecule is CCCCC(CCCC)c1ncc(C#N)cc1C#N. The average Bonchev–Trinajstić information content (AvgIpc) is 2.47. The predicted octanol–water partition coefficient (Wildman–Crippen LogP) is 4.29. The molecule has 100 valence electrons. The third kappa shape index (κ3) is 4.38. The zero-order valence-electron chi connectivity index (χ0n) is 11.8. The van der Waals surface area contributed by atoms with Crippen LogP contribution in [0.4, 0.5) is 0 Å². The third-order valence-corrected chi connectivity index (χ3v) is 3.37. The fraction of sp³-hybridized carbons (Fsp3) is 0.562. The Morgan fingerprint density at radius 2 is 1.74 bits per heavy atom. The molecule has 0 aromatic carbocycles. The number of aromatic nitrogens is 1. The lowest BCUT2D eigenvalue weighted by Gasteiger charge is -2.17. The lowest BCUT2D eigenvalue weighted by Crippen LogP contribution is -2.05. The van der Waals surface area contributed by atoms with Crippen LogP contribution in [0, 0.1) is 22.7 Å². The van der Waals surface area contributed by atoms with E-state index in [0.717, 1.165) is 44.2 Å². The lowest BCUT2D eigenvalue weighted by atomic mass is 9.90. The fourth-order valence-corrected chi connectivity index (χ4v) is 2.27. The van der Waals surface area contributed by atoms with Crippen LogP contribution in [0.15, 0.2) is 12.3 Å². The maximum Gasteiger partial charge on any atom is 0.101 e. The first-order valence-electron chi connectivity index (χ1n) is 7.06. The maximum absolute atomic E-state index is 9.24. The highest BCUT2D eigenvalue weighted by atomic mass is 14.7. The number of nitriles is 2. The van der Waals surface area contributed by atoms with Gasteiger partial charge in [-0.2, -0.15) is 10.5 Å². The molecular formula is C16H21N3. The standard InChI is InChI=1S/C16H21N3/c1-3-5-7-14(8-6-4-2)16-15(11-18)9-13(10-17)12-19-16/h9,12,14H,3-8H2,1-2H3. The molecule has 1 rings (SSSR count). The highest BCUT2D eigenvalue weighted by Gasteiger charge is 2.17. The van der Waals surface area contributed by atoms with Crippen LogP contribution in [0.3, 0.4) is 0 Å². The fourth-order valence-electron chi connectivity index (χ4n) is 2.27. The third-order valence-electron chi connectivity index (χ3n) is 3.37. The second kappa shape index (κ2) is 8.27. The van der Waals surface area contributed by atoms with E-state index < -0.39 is 0 Å². The minimum atomic E-state index is 0.349. The molecule has 0 spiro atoms. The molecule has 0 unspecified atom stereocenters. The summed E-state index contributed by atoms with van der Waals surface area (Å²) in [6.07, 6.45) is 8.35. The molecule has 0 saturated carbocycles. The van der Waals surface area contributed by atoms with E-state index in [4.69, 9.17) is 5.26 Å². The minimum absolute atomic E-state index is 0.349. The summed E-state index contributed by atoms with van der Waals surface area (Å²) in [6.45, 7) is 4.35. The Hall–Kier alpha value is -1.87. The molecule has 0 aliphatic rings. The summed E-state index contributed by atoms with van der Waals surface area (Å²) in [5, 5.41) is 18.1. The Morgan fingerprint density at radius 1 is 1.11 bits per heavy atom. The van der Waals surface area contributed by atoms with Gasteiger partial charge in [-0.1, -0.05) is 39.5 Å². The molecule has 1 aromatic heterocycles. The van der Waals surface area contributed by atoms with Gasteiger partial charge in [0, 0.05) is 12.1 Å². The zero-order chi connectivity index (χ0) is 14.1. The van der Waals surface area contributed by atoms with Crippen LogP contribution >= 0.6 is 0 Å². The molecule has 0 saturated heterocycles. The van der Waals surface area contributed by atoms with Crippen LogP contribution in [-0.4, -0.2) is 4.98 Å². The van der Waals surface area contributed by atoms with Gasteiger partial charge in [0.2, 0.25) is 0 Å². The van der Waals surface area contributed by atoms with E-state index in [-0.39, 0.29) is 0 Å². The molecule has 0 radical (unpaired) electrons. The van der Waals surface area contributed by atoms with Crippen molar-refractivity contribution in [1.82, 2.24) is 4.98 Å². The van der Waals surface area contributed by atoms with Crippen LogP contribution in [0.25, 0.3) is 0 Å². The second-order valence-electron chi connectivity index (χ2n) is 4.86. The largest absolute Gasteiger partial charge is 0.258 e. The van der Waals surface area contributed by atoms with E-state index in [9.17, 15) is 5.26 Å². The van der Waals surface area contributed by atoms with Crippen molar-refractivity contribution in [3.05, 3.63) is 29.1 Å². The van der Waals surface area contributed by atoms with Gasteiger partial charge in [-0.05, 0) is 18.9 Å². The summed E-state index contributed by atoms with van der Waals surface area (Å²) >= 11 is 0. The number of unbranched alkanes of at least 4 members (excludes halogenated alkanes) is 2. The van der Waals surface area contributed by atoms with Crippen molar-refractivity contribution in [2.24, 2.45) is 0 Å². The smallest absolute Gasteiger partial charge is 0.101 e. The lowest BCUT2D eigenvalue weighted by molar-refractivity contribution is 0.514.